The summed E-state index contributed by atoms with van der Waals surface area (Å²) in [7, 11) is 0. The van der Waals surface area contributed by atoms with Gasteiger partial charge in [0.1, 0.15) is 22.1 Å². The molecule has 0 bridgehead atoms. The predicted molar refractivity (Wildman–Crippen MR) is 111 cm³/mol. The van der Waals surface area contributed by atoms with E-state index >= 15 is 0 Å². The molecule has 1 aliphatic rings. The molecule has 3 aromatic rings. The molecule has 146 valence electrons. The summed E-state index contributed by atoms with van der Waals surface area (Å²) >= 11 is 1.33. The zero-order chi connectivity index (χ0) is 19.5. The van der Waals surface area contributed by atoms with Crippen LogP contribution < -0.4 is 15.0 Å². The highest BCUT2D eigenvalue weighted by atomic mass is 32.1. The van der Waals surface area contributed by atoms with E-state index in [1.165, 1.54) is 30.6 Å². The Morgan fingerprint density at radius 3 is 2.96 bits per heavy atom. The zero-order valence-electron chi connectivity index (χ0n) is 16.0. The highest BCUT2D eigenvalue weighted by Gasteiger charge is 2.20. The van der Waals surface area contributed by atoms with E-state index in [0.29, 0.717) is 16.9 Å². The number of carbonyl (C=O) groups is 1. The third-order valence-electron chi connectivity index (χ3n) is 4.90. The molecule has 2 aromatic heterocycles. The van der Waals surface area contributed by atoms with Crippen molar-refractivity contribution < 1.29 is 9.53 Å². The van der Waals surface area contributed by atoms with Crippen LogP contribution in [0, 0.1) is 6.92 Å². The van der Waals surface area contributed by atoms with Gasteiger partial charge in [0.2, 0.25) is 5.13 Å². The molecule has 28 heavy (non-hydrogen) atoms. The lowest BCUT2D eigenvalue weighted by Gasteiger charge is -2.34. The molecule has 4 rings (SSSR count). The number of hydrogen-bond donors (Lipinski definition) is 1. The molecule has 0 spiro atoms. The van der Waals surface area contributed by atoms with Crippen LogP contribution in [0.25, 0.3) is 10.9 Å². The van der Waals surface area contributed by atoms with Crippen LogP contribution in [0.2, 0.25) is 0 Å². The summed E-state index contributed by atoms with van der Waals surface area (Å²) in [5.41, 5.74) is 0.775. The SMILES string of the molecule is Cc1nnc(NC(=O)COc2cccc3ccc(N4CCCCC4C)nc23)s1. The van der Waals surface area contributed by atoms with Gasteiger partial charge in [0.25, 0.3) is 5.91 Å². The molecule has 1 aromatic carbocycles. The Labute approximate surface area is 167 Å². The van der Waals surface area contributed by atoms with Crippen molar-refractivity contribution >= 4 is 39.1 Å². The minimum atomic E-state index is -0.269. The van der Waals surface area contributed by atoms with Gasteiger partial charge in [-0.3, -0.25) is 10.1 Å². The van der Waals surface area contributed by atoms with Gasteiger partial charge >= 0.3 is 0 Å². The lowest BCUT2D eigenvalue weighted by Crippen LogP contribution is -2.37. The van der Waals surface area contributed by atoms with E-state index in [2.05, 4.69) is 39.5 Å². The lowest BCUT2D eigenvalue weighted by molar-refractivity contribution is -0.118. The molecule has 1 N–H and O–H groups in total. The Bertz CT molecular complexity index is 990. The third kappa shape index (κ3) is 4.06. The molecule has 8 heteroatoms. The van der Waals surface area contributed by atoms with Crippen molar-refractivity contribution in [3.8, 4) is 5.75 Å². The van der Waals surface area contributed by atoms with E-state index in [1.54, 1.807) is 0 Å². The van der Waals surface area contributed by atoms with Crippen molar-refractivity contribution in [2.75, 3.05) is 23.4 Å². The molecule has 1 atom stereocenters. The minimum Gasteiger partial charge on any atom is -0.481 e. The van der Waals surface area contributed by atoms with Gasteiger partial charge in [-0.15, -0.1) is 10.2 Å². The number of nitrogens with one attached hydrogen (secondary N) is 1. The van der Waals surface area contributed by atoms with E-state index in [1.807, 2.05) is 25.1 Å². The average Bonchev–Trinajstić information content (AvgIpc) is 3.11. The number of amides is 1. The number of rotatable bonds is 5. The number of benzene rings is 1. The van der Waals surface area contributed by atoms with Crippen LogP contribution in [0.15, 0.2) is 30.3 Å². The molecule has 1 unspecified atom stereocenters. The number of nitrogens with zero attached hydrogens (tertiary/aromatic N) is 4. The van der Waals surface area contributed by atoms with E-state index in [0.717, 1.165) is 28.3 Å². The highest BCUT2D eigenvalue weighted by molar-refractivity contribution is 7.15. The molecule has 0 aliphatic carbocycles. The molecule has 3 heterocycles. The maximum absolute atomic E-state index is 12.2. The second kappa shape index (κ2) is 8.10. The summed E-state index contributed by atoms with van der Waals surface area (Å²) in [6.07, 6.45) is 3.64. The number of aryl methyl sites for hydroxylation is 1. The van der Waals surface area contributed by atoms with Crippen molar-refractivity contribution in [2.24, 2.45) is 0 Å². The Balaban J connectivity index is 1.51. The molecular formula is C20H23N5O2S. The molecule has 0 saturated carbocycles. The normalized spacial score (nSPS) is 16.9. The van der Waals surface area contributed by atoms with Crippen LogP contribution in [0.5, 0.6) is 5.75 Å². The van der Waals surface area contributed by atoms with Gasteiger partial charge in [0.05, 0.1) is 0 Å². The quantitative estimate of drug-likeness (QED) is 0.705. The van der Waals surface area contributed by atoms with Gasteiger partial charge in [-0.2, -0.15) is 0 Å². The smallest absolute Gasteiger partial charge is 0.264 e. The fourth-order valence-electron chi connectivity index (χ4n) is 3.47. The Morgan fingerprint density at radius 1 is 1.29 bits per heavy atom. The first-order valence-electron chi connectivity index (χ1n) is 9.49. The summed E-state index contributed by atoms with van der Waals surface area (Å²) in [6, 6.07) is 10.4. The lowest BCUT2D eigenvalue weighted by atomic mass is 10.0. The minimum absolute atomic E-state index is 0.107. The largest absolute Gasteiger partial charge is 0.481 e. The number of para-hydroxylation sites is 1. The van der Waals surface area contributed by atoms with Gasteiger partial charge < -0.3 is 9.64 Å². The topological polar surface area (TPSA) is 80.2 Å². The summed E-state index contributed by atoms with van der Waals surface area (Å²) in [5, 5.41) is 12.8. The van der Waals surface area contributed by atoms with Crippen molar-refractivity contribution in [2.45, 2.75) is 39.2 Å². The first-order valence-corrected chi connectivity index (χ1v) is 10.3. The predicted octanol–water partition coefficient (Wildman–Crippen LogP) is 3.79. The second-order valence-electron chi connectivity index (χ2n) is 7.00. The number of anilines is 2. The number of ether oxygens (including phenoxy) is 1. The third-order valence-corrected chi connectivity index (χ3v) is 5.65. The fraction of sp³-hybridized carbons (Fsp3) is 0.400. The number of pyridine rings is 1. The van der Waals surface area contributed by atoms with E-state index < -0.39 is 0 Å². The molecule has 1 fully saturated rings. The van der Waals surface area contributed by atoms with Gasteiger partial charge in [-0.1, -0.05) is 23.5 Å². The van der Waals surface area contributed by atoms with Crippen LogP contribution in [0.1, 0.15) is 31.2 Å². The Kier molecular flexibility index (Phi) is 5.38. The van der Waals surface area contributed by atoms with Crippen molar-refractivity contribution in [1.29, 1.82) is 0 Å². The Morgan fingerprint density at radius 2 is 2.18 bits per heavy atom. The molecular weight excluding hydrogens is 374 g/mol. The molecule has 7 nitrogen and oxygen atoms in total. The molecule has 1 amide bonds. The standard InChI is InChI=1S/C20H23N5O2S/c1-13-6-3-4-11-25(13)17-10-9-15-7-5-8-16(19(15)21-17)27-12-18(26)22-20-24-23-14(2)28-20/h5,7-10,13H,3-4,6,11-12H2,1-2H3,(H,22,24,26). The molecule has 1 aliphatic heterocycles. The summed E-state index contributed by atoms with van der Waals surface area (Å²) in [4.78, 5) is 19.4. The second-order valence-corrected chi connectivity index (χ2v) is 8.18. The number of carbonyl (C=O) groups excluding carboxylic acids is 1. The average molecular weight is 398 g/mol. The maximum Gasteiger partial charge on any atom is 0.264 e. The van der Waals surface area contributed by atoms with Crippen molar-refractivity contribution in [1.82, 2.24) is 15.2 Å². The maximum atomic E-state index is 12.2. The van der Waals surface area contributed by atoms with Crippen LogP contribution in [-0.4, -0.2) is 40.3 Å². The number of hydrogen-bond acceptors (Lipinski definition) is 7. The van der Waals surface area contributed by atoms with Crippen LogP contribution in [0.3, 0.4) is 0 Å². The van der Waals surface area contributed by atoms with Gasteiger partial charge in [0.15, 0.2) is 6.61 Å². The van der Waals surface area contributed by atoms with Crippen LogP contribution >= 0.6 is 11.3 Å². The first-order chi connectivity index (χ1) is 13.6. The van der Waals surface area contributed by atoms with Gasteiger partial charge in [-0.25, -0.2) is 4.98 Å². The van der Waals surface area contributed by atoms with Gasteiger partial charge in [0, 0.05) is 18.0 Å². The van der Waals surface area contributed by atoms with Crippen LogP contribution in [0.4, 0.5) is 10.9 Å². The fourth-order valence-corrected chi connectivity index (χ4v) is 4.08. The van der Waals surface area contributed by atoms with E-state index in [9.17, 15) is 4.79 Å². The van der Waals surface area contributed by atoms with Crippen molar-refractivity contribution in [3.05, 3.63) is 35.3 Å². The molecule has 1 saturated heterocycles. The summed E-state index contributed by atoms with van der Waals surface area (Å²) < 4.78 is 5.79. The first kappa shape index (κ1) is 18.6. The Hall–Kier alpha value is -2.74. The monoisotopic (exact) mass is 397 g/mol. The van der Waals surface area contributed by atoms with Crippen LogP contribution in [-0.2, 0) is 4.79 Å². The molecule has 0 radical (unpaired) electrons. The number of piperidine rings is 1. The highest BCUT2D eigenvalue weighted by Crippen LogP contribution is 2.29. The van der Waals surface area contributed by atoms with Crippen molar-refractivity contribution in [3.63, 3.8) is 0 Å². The zero-order valence-corrected chi connectivity index (χ0v) is 16.8. The summed E-state index contributed by atoms with van der Waals surface area (Å²) in [5.74, 6) is 1.30. The van der Waals surface area contributed by atoms with E-state index in [4.69, 9.17) is 9.72 Å². The van der Waals surface area contributed by atoms with Gasteiger partial charge in [-0.05, 0) is 51.3 Å². The number of aromatic nitrogens is 3. The summed E-state index contributed by atoms with van der Waals surface area (Å²) in [6.45, 7) is 5.00. The number of fused-ring (bicyclic) bond motifs is 1. The van der Waals surface area contributed by atoms with E-state index in [-0.39, 0.29) is 12.5 Å².